The maximum Gasteiger partial charge on any atom is 0.246 e. The topological polar surface area (TPSA) is 104 Å². The Kier molecular flexibility index (Phi) is 8.07. The Morgan fingerprint density at radius 3 is 2.59 bits per heavy atom. The molecule has 0 bridgehead atoms. The second-order valence-electron chi connectivity index (χ2n) is 10.9. The van der Waals surface area contributed by atoms with E-state index >= 15 is 0 Å². The summed E-state index contributed by atoms with van der Waals surface area (Å²) in [5.41, 5.74) is 8.88. The summed E-state index contributed by atoms with van der Waals surface area (Å²) in [5.74, 6) is -1.83. The van der Waals surface area contributed by atoms with Gasteiger partial charge in [0.2, 0.25) is 11.8 Å². The fourth-order valence-corrected chi connectivity index (χ4v) is 6.17. The summed E-state index contributed by atoms with van der Waals surface area (Å²) in [6.45, 7) is 2.51. The standard InChI is InChI=1S/C30H35F2N5O2/c1-18-14-19(15-25(31)28(18)32)2-7-27(38)37-12-9-21(10-13-37)29(30(33)39)36-22-5-3-20(4-6-22)23-17-35-26-8-11-34-16-24(23)26/h2,7-8,11,14-17,20-22,29,35-36H,3-6,9-10,12-13H2,1H3,(H2,33,39)/b7-2+/t20-,22-,29?. The number of hydrogen-bond acceptors (Lipinski definition) is 4. The zero-order valence-corrected chi connectivity index (χ0v) is 22.1. The Labute approximate surface area is 226 Å². The minimum Gasteiger partial charge on any atom is -0.368 e. The van der Waals surface area contributed by atoms with E-state index in [9.17, 15) is 18.4 Å². The third kappa shape index (κ3) is 6.03. The quantitative estimate of drug-likeness (QED) is 0.386. The van der Waals surface area contributed by atoms with E-state index in [0.29, 0.717) is 37.4 Å². The zero-order valence-electron chi connectivity index (χ0n) is 22.1. The highest BCUT2D eigenvalue weighted by atomic mass is 19.2. The van der Waals surface area contributed by atoms with Crippen LogP contribution in [0.25, 0.3) is 17.0 Å². The molecule has 3 aromatic rings. The maximum absolute atomic E-state index is 13.7. The molecule has 1 aliphatic heterocycles. The number of fused-ring (bicyclic) bond motifs is 1. The van der Waals surface area contributed by atoms with Gasteiger partial charge in [0.15, 0.2) is 11.6 Å². The molecular weight excluding hydrogens is 500 g/mol. The molecule has 1 aromatic carbocycles. The van der Waals surface area contributed by atoms with E-state index in [0.717, 1.165) is 37.3 Å². The van der Waals surface area contributed by atoms with Crippen molar-refractivity contribution < 1.29 is 18.4 Å². The van der Waals surface area contributed by atoms with E-state index in [1.807, 2.05) is 12.3 Å². The number of pyridine rings is 1. The molecule has 1 atom stereocenters. The smallest absolute Gasteiger partial charge is 0.246 e. The van der Waals surface area contributed by atoms with Crippen LogP contribution in [0.1, 0.15) is 61.1 Å². The van der Waals surface area contributed by atoms with Gasteiger partial charge in [-0.25, -0.2) is 8.78 Å². The summed E-state index contributed by atoms with van der Waals surface area (Å²) in [7, 11) is 0. The number of nitrogens with one attached hydrogen (secondary N) is 2. The number of aryl methyl sites for hydroxylation is 1. The Bertz CT molecular complexity index is 1350. The van der Waals surface area contributed by atoms with Crippen LogP contribution in [0.3, 0.4) is 0 Å². The van der Waals surface area contributed by atoms with Crippen molar-refractivity contribution in [1.82, 2.24) is 20.2 Å². The molecule has 2 fully saturated rings. The number of hydrogen-bond donors (Lipinski definition) is 3. The number of carbonyl (C=O) groups is 2. The van der Waals surface area contributed by atoms with Crippen LogP contribution in [0.4, 0.5) is 8.78 Å². The van der Waals surface area contributed by atoms with Gasteiger partial charge >= 0.3 is 0 Å². The number of benzene rings is 1. The summed E-state index contributed by atoms with van der Waals surface area (Å²) >= 11 is 0. The lowest BCUT2D eigenvalue weighted by atomic mass is 9.80. The summed E-state index contributed by atoms with van der Waals surface area (Å²) in [5, 5.41) is 4.74. The summed E-state index contributed by atoms with van der Waals surface area (Å²) in [4.78, 5) is 34.5. The van der Waals surface area contributed by atoms with Crippen LogP contribution in [0, 0.1) is 24.5 Å². The van der Waals surface area contributed by atoms with Gasteiger partial charge in [-0.1, -0.05) is 0 Å². The second-order valence-corrected chi connectivity index (χ2v) is 10.9. The van der Waals surface area contributed by atoms with Crippen LogP contribution in [0.15, 0.2) is 42.9 Å². The normalized spacial score (nSPS) is 21.5. The average molecular weight is 536 g/mol. The Morgan fingerprint density at radius 1 is 1.15 bits per heavy atom. The molecule has 2 amide bonds. The first-order chi connectivity index (χ1) is 18.8. The molecule has 0 spiro atoms. The molecule has 206 valence electrons. The largest absolute Gasteiger partial charge is 0.368 e. The molecule has 2 aliphatic rings. The predicted molar refractivity (Wildman–Crippen MR) is 147 cm³/mol. The van der Waals surface area contributed by atoms with Crippen molar-refractivity contribution in [1.29, 1.82) is 0 Å². The summed E-state index contributed by atoms with van der Waals surface area (Å²) in [6.07, 6.45) is 14.0. The average Bonchev–Trinajstić information content (AvgIpc) is 3.38. The monoisotopic (exact) mass is 535 g/mol. The number of carbonyl (C=O) groups excluding carboxylic acids is 2. The molecule has 1 aliphatic carbocycles. The van der Waals surface area contributed by atoms with Crippen molar-refractivity contribution in [3.05, 3.63) is 71.2 Å². The van der Waals surface area contributed by atoms with E-state index in [4.69, 9.17) is 5.73 Å². The molecular formula is C30H35F2N5O2. The predicted octanol–water partition coefficient (Wildman–Crippen LogP) is 4.57. The van der Waals surface area contributed by atoms with Crippen molar-refractivity contribution in [2.45, 2.75) is 63.5 Å². The number of piperidine rings is 1. The maximum atomic E-state index is 13.7. The summed E-state index contributed by atoms with van der Waals surface area (Å²) < 4.78 is 27.2. The molecule has 0 radical (unpaired) electrons. The lowest BCUT2D eigenvalue weighted by Crippen LogP contribution is -2.54. The van der Waals surface area contributed by atoms with E-state index in [1.54, 1.807) is 11.1 Å². The molecule has 7 nitrogen and oxygen atoms in total. The highest BCUT2D eigenvalue weighted by molar-refractivity contribution is 5.92. The molecule has 2 aromatic heterocycles. The van der Waals surface area contributed by atoms with Gasteiger partial charge in [-0.05, 0) is 98.2 Å². The van der Waals surface area contributed by atoms with Crippen molar-refractivity contribution >= 4 is 28.8 Å². The number of primary amides is 1. The first-order valence-electron chi connectivity index (χ1n) is 13.7. The molecule has 9 heteroatoms. The number of aromatic amines is 1. The van der Waals surface area contributed by atoms with E-state index in [1.165, 1.54) is 36.1 Å². The number of nitrogens with zero attached hydrogens (tertiary/aromatic N) is 2. The van der Waals surface area contributed by atoms with Crippen molar-refractivity contribution in [2.75, 3.05) is 13.1 Å². The third-order valence-electron chi connectivity index (χ3n) is 8.38. The minimum atomic E-state index is -0.934. The van der Waals surface area contributed by atoms with Crippen LogP contribution in [0.2, 0.25) is 0 Å². The summed E-state index contributed by atoms with van der Waals surface area (Å²) in [6, 6.07) is 4.37. The molecule has 3 heterocycles. The zero-order chi connectivity index (χ0) is 27.5. The van der Waals surface area contributed by atoms with Gasteiger partial charge in [-0.3, -0.25) is 14.6 Å². The lowest BCUT2D eigenvalue weighted by molar-refractivity contribution is -0.128. The number of amides is 2. The first kappa shape index (κ1) is 27.0. The first-order valence-corrected chi connectivity index (χ1v) is 13.7. The number of halogens is 2. The molecule has 1 saturated carbocycles. The van der Waals surface area contributed by atoms with Gasteiger partial charge in [-0.15, -0.1) is 0 Å². The Balaban J connectivity index is 1.13. The van der Waals surface area contributed by atoms with Gasteiger partial charge in [0, 0.05) is 54.7 Å². The van der Waals surface area contributed by atoms with Gasteiger partial charge in [0.1, 0.15) is 0 Å². The van der Waals surface area contributed by atoms with Crippen molar-refractivity contribution in [3.8, 4) is 0 Å². The second kappa shape index (κ2) is 11.7. The number of nitrogens with two attached hydrogens (primary N) is 1. The Hall–Kier alpha value is -3.59. The number of H-pyrrole nitrogens is 1. The highest BCUT2D eigenvalue weighted by Crippen LogP contribution is 2.37. The van der Waals surface area contributed by atoms with Gasteiger partial charge in [0.25, 0.3) is 0 Å². The fourth-order valence-electron chi connectivity index (χ4n) is 6.17. The number of likely N-dealkylation sites (tertiary alicyclic amines) is 1. The molecule has 5 rings (SSSR count). The van der Waals surface area contributed by atoms with Crippen LogP contribution in [0.5, 0.6) is 0 Å². The lowest BCUT2D eigenvalue weighted by Gasteiger charge is -2.38. The van der Waals surface area contributed by atoms with Crippen LogP contribution < -0.4 is 11.1 Å². The van der Waals surface area contributed by atoms with E-state index in [-0.39, 0.29) is 29.3 Å². The van der Waals surface area contributed by atoms with Gasteiger partial charge < -0.3 is 20.9 Å². The van der Waals surface area contributed by atoms with E-state index in [2.05, 4.69) is 21.5 Å². The van der Waals surface area contributed by atoms with Crippen molar-refractivity contribution in [2.24, 2.45) is 11.7 Å². The van der Waals surface area contributed by atoms with Crippen molar-refractivity contribution in [3.63, 3.8) is 0 Å². The molecule has 1 unspecified atom stereocenters. The molecule has 1 saturated heterocycles. The minimum absolute atomic E-state index is 0.0572. The Morgan fingerprint density at radius 2 is 1.90 bits per heavy atom. The van der Waals surface area contributed by atoms with Crippen LogP contribution in [-0.4, -0.2) is 51.9 Å². The molecule has 4 N–H and O–H groups in total. The number of rotatable bonds is 7. The third-order valence-corrected chi connectivity index (χ3v) is 8.38. The highest BCUT2D eigenvalue weighted by Gasteiger charge is 2.34. The SMILES string of the molecule is Cc1cc(/C=C/C(=O)N2CCC(C(N[C@H]3CC[C@H](c4c[nH]c5ccncc54)CC3)C(N)=O)CC2)cc(F)c1F. The van der Waals surface area contributed by atoms with Crippen LogP contribution in [-0.2, 0) is 9.59 Å². The van der Waals surface area contributed by atoms with E-state index < -0.39 is 17.7 Å². The fraction of sp³-hybridized carbons (Fsp3) is 0.433. The molecule has 39 heavy (non-hydrogen) atoms. The van der Waals surface area contributed by atoms with Gasteiger partial charge in [-0.2, -0.15) is 0 Å². The number of aromatic nitrogens is 2. The van der Waals surface area contributed by atoms with Gasteiger partial charge in [0.05, 0.1) is 6.04 Å². The van der Waals surface area contributed by atoms with Crippen LogP contribution >= 0.6 is 0 Å².